The topological polar surface area (TPSA) is 76.3 Å². The summed E-state index contributed by atoms with van der Waals surface area (Å²) in [5, 5.41) is 4.69. The lowest BCUT2D eigenvalue weighted by Crippen LogP contribution is -2.42. The Labute approximate surface area is 165 Å². The van der Waals surface area contributed by atoms with Crippen LogP contribution < -0.4 is 5.69 Å². The molecule has 2 aromatic heterocycles. The van der Waals surface area contributed by atoms with Crippen LogP contribution in [0, 0.1) is 13.8 Å². The van der Waals surface area contributed by atoms with Crippen molar-refractivity contribution >= 4 is 5.91 Å². The molecule has 8 nitrogen and oxygen atoms in total. The summed E-state index contributed by atoms with van der Waals surface area (Å²) in [5.41, 5.74) is 3.28. The molecule has 1 aliphatic heterocycles. The van der Waals surface area contributed by atoms with Crippen molar-refractivity contribution in [2.75, 3.05) is 27.2 Å². The van der Waals surface area contributed by atoms with Gasteiger partial charge in [0, 0.05) is 44.0 Å². The Morgan fingerprint density at radius 3 is 2.71 bits per heavy atom. The number of rotatable bonds is 5. The molecule has 1 fully saturated rings. The Kier molecular flexibility index (Phi) is 5.98. The van der Waals surface area contributed by atoms with Gasteiger partial charge in [0.15, 0.2) is 0 Å². The second-order valence-corrected chi connectivity index (χ2v) is 8.01. The van der Waals surface area contributed by atoms with Crippen LogP contribution in [0.1, 0.15) is 41.5 Å². The van der Waals surface area contributed by atoms with Gasteiger partial charge < -0.3 is 9.80 Å². The van der Waals surface area contributed by atoms with Gasteiger partial charge in [0.1, 0.15) is 6.54 Å². The molecule has 2 aromatic rings. The fourth-order valence-corrected chi connectivity index (χ4v) is 3.85. The summed E-state index contributed by atoms with van der Waals surface area (Å²) in [4.78, 5) is 32.9. The summed E-state index contributed by atoms with van der Waals surface area (Å²) in [6.45, 7) is 5.86. The Hall–Kier alpha value is -2.48. The van der Waals surface area contributed by atoms with Crippen molar-refractivity contribution in [3.8, 4) is 0 Å². The number of carbonyl (C=O) groups excluding carboxylic acids is 1. The average molecular weight is 387 g/mol. The lowest BCUT2D eigenvalue weighted by molar-refractivity contribution is -0.133. The third-order valence-corrected chi connectivity index (χ3v) is 5.31. The van der Waals surface area contributed by atoms with E-state index in [4.69, 9.17) is 0 Å². The van der Waals surface area contributed by atoms with E-state index >= 15 is 0 Å². The van der Waals surface area contributed by atoms with Gasteiger partial charge in [0.05, 0.1) is 11.4 Å². The minimum Gasteiger partial charge on any atom is -0.340 e. The molecule has 28 heavy (non-hydrogen) atoms. The summed E-state index contributed by atoms with van der Waals surface area (Å²) in [6, 6.07) is 3.98. The lowest BCUT2D eigenvalue weighted by atomic mass is 9.94. The average Bonchev–Trinajstić information content (AvgIpc) is 2.98. The zero-order chi connectivity index (χ0) is 20.4. The highest BCUT2D eigenvalue weighted by molar-refractivity contribution is 5.76. The van der Waals surface area contributed by atoms with Crippen molar-refractivity contribution in [3.05, 3.63) is 45.4 Å². The number of hydrogen-bond acceptors (Lipinski definition) is 5. The third kappa shape index (κ3) is 4.49. The van der Waals surface area contributed by atoms with Gasteiger partial charge in [-0.25, -0.2) is 4.79 Å². The molecule has 1 amide bonds. The first-order chi connectivity index (χ1) is 13.2. The van der Waals surface area contributed by atoms with Crippen LogP contribution >= 0.6 is 0 Å². The van der Waals surface area contributed by atoms with Crippen LogP contribution in [0.4, 0.5) is 0 Å². The van der Waals surface area contributed by atoms with E-state index in [0.29, 0.717) is 12.2 Å². The largest absolute Gasteiger partial charge is 0.348 e. The van der Waals surface area contributed by atoms with E-state index < -0.39 is 0 Å². The van der Waals surface area contributed by atoms with Gasteiger partial charge >= 0.3 is 5.69 Å². The molecule has 0 aromatic carbocycles. The van der Waals surface area contributed by atoms with Gasteiger partial charge in [-0.1, -0.05) is 0 Å². The quantitative estimate of drug-likeness (QED) is 0.768. The van der Waals surface area contributed by atoms with E-state index in [1.165, 1.54) is 4.57 Å². The van der Waals surface area contributed by atoms with Crippen molar-refractivity contribution in [2.24, 2.45) is 7.05 Å². The predicted octanol–water partition coefficient (Wildman–Crippen LogP) is 1.06. The molecule has 3 heterocycles. The molecule has 0 saturated carbocycles. The number of hydrogen-bond donors (Lipinski definition) is 0. The first-order valence-electron chi connectivity index (χ1n) is 9.75. The predicted molar refractivity (Wildman–Crippen MR) is 107 cm³/mol. The van der Waals surface area contributed by atoms with Crippen LogP contribution in [0.25, 0.3) is 0 Å². The zero-order valence-corrected chi connectivity index (χ0v) is 17.5. The Balaban J connectivity index is 1.71. The molecule has 0 spiro atoms. The van der Waals surface area contributed by atoms with Gasteiger partial charge in [-0.2, -0.15) is 10.1 Å². The Bertz CT molecular complexity index is 914. The zero-order valence-electron chi connectivity index (χ0n) is 17.5. The van der Waals surface area contributed by atoms with E-state index in [2.05, 4.69) is 21.0 Å². The van der Waals surface area contributed by atoms with E-state index in [1.807, 2.05) is 43.7 Å². The number of piperidine rings is 1. The number of carbonyl (C=O) groups is 1. The van der Waals surface area contributed by atoms with Crippen molar-refractivity contribution in [3.63, 3.8) is 0 Å². The minimum absolute atomic E-state index is 0.0370. The van der Waals surface area contributed by atoms with Gasteiger partial charge in [-0.05, 0) is 52.9 Å². The second kappa shape index (κ2) is 8.26. The van der Waals surface area contributed by atoms with Crippen molar-refractivity contribution in [1.82, 2.24) is 29.1 Å². The summed E-state index contributed by atoms with van der Waals surface area (Å²) in [5.74, 6) is 0.193. The van der Waals surface area contributed by atoms with E-state index in [9.17, 15) is 9.59 Å². The van der Waals surface area contributed by atoms with Gasteiger partial charge in [0.2, 0.25) is 5.91 Å². The van der Waals surface area contributed by atoms with Crippen LogP contribution in [-0.2, 0) is 24.9 Å². The number of aryl methyl sites for hydroxylation is 3. The first kappa shape index (κ1) is 20.3. The molecule has 1 saturated heterocycles. The summed E-state index contributed by atoms with van der Waals surface area (Å²) in [6.07, 6.45) is 1.96. The van der Waals surface area contributed by atoms with E-state index in [-0.39, 0.29) is 24.1 Å². The van der Waals surface area contributed by atoms with Crippen LogP contribution in [0.3, 0.4) is 0 Å². The maximum absolute atomic E-state index is 12.9. The molecule has 3 rings (SSSR count). The standard InChI is InChI=1S/C20H30N6O2/c1-14-9-15(2)26(20(28)21-14)13-19(27)25-8-6-7-16(11-25)18-10-17(12-23(3)4)24(5)22-18/h9-10,16H,6-8,11-13H2,1-5H3/t16-/m0/s1. The molecule has 8 heteroatoms. The van der Waals surface area contributed by atoms with Gasteiger partial charge in [-0.15, -0.1) is 0 Å². The van der Waals surface area contributed by atoms with Crippen molar-refractivity contribution < 1.29 is 4.79 Å². The molecule has 0 aliphatic carbocycles. The highest BCUT2D eigenvalue weighted by Gasteiger charge is 2.27. The number of amides is 1. The molecule has 0 N–H and O–H groups in total. The monoisotopic (exact) mass is 386 g/mol. The molecule has 1 aliphatic rings. The number of aromatic nitrogens is 4. The van der Waals surface area contributed by atoms with Gasteiger partial charge in [-0.3, -0.25) is 14.0 Å². The number of nitrogens with zero attached hydrogens (tertiary/aromatic N) is 6. The molecule has 1 atom stereocenters. The molecule has 0 radical (unpaired) electrons. The lowest BCUT2D eigenvalue weighted by Gasteiger charge is -2.32. The van der Waals surface area contributed by atoms with Crippen LogP contribution in [-0.4, -0.2) is 62.2 Å². The van der Waals surface area contributed by atoms with Gasteiger partial charge in [0.25, 0.3) is 0 Å². The molecule has 152 valence electrons. The molecule has 0 unspecified atom stereocenters. The molecular formula is C20H30N6O2. The molecular weight excluding hydrogens is 356 g/mol. The van der Waals surface area contributed by atoms with Crippen molar-refractivity contribution in [2.45, 2.75) is 45.7 Å². The SMILES string of the molecule is Cc1cc(C)n(CC(=O)N2CCC[C@H](c3cc(CN(C)C)n(C)n3)C2)c(=O)n1. The smallest absolute Gasteiger partial charge is 0.340 e. The van der Waals surface area contributed by atoms with Crippen LogP contribution in [0.15, 0.2) is 16.9 Å². The van der Waals surface area contributed by atoms with E-state index in [1.54, 1.807) is 6.92 Å². The highest BCUT2D eigenvalue weighted by atomic mass is 16.2. The summed E-state index contributed by atoms with van der Waals surface area (Å²) < 4.78 is 3.38. The fourth-order valence-electron chi connectivity index (χ4n) is 3.85. The summed E-state index contributed by atoms with van der Waals surface area (Å²) >= 11 is 0. The molecule has 0 bridgehead atoms. The highest BCUT2D eigenvalue weighted by Crippen LogP contribution is 2.27. The van der Waals surface area contributed by atoms with E-state index in [0.717, 1.165) is 43.0 Å². The second-order valence-electron chi connectivity index (χ2n) is 8.01. The van der Waals surface area contributed by atoms with Crippen LogP contribution in [0.5, 0.6) is 0 Å². The van der Waals surface area contributed by atoms with Crippen LogP contribution in [0.2, 0.25) is 0 Å². The Morgan fingerprint density at radius 2 is 2.04 bits per heavy atom. The maximum atomic E-state index is 12.9. The maximum Gasteiger partial charge on any atom is 0.348 e. The number of likely N-dealkylation sites (tertiary alicyclic amines) is 1. The normalized spacial score (nSPS) is 17.4. The summed E-state index contributed by atoms with van der Waals surface area (Å²) in [7, 11) is 6.04. The minimum atomic E-state index is -0.363. The first-order valence-corrected chi connectivity index (χ1v) is 9.75. The fraction of sp³-hybridized carbons (Fsp3) is 0.600. The third-order valence-electron chi connectivity index (χ3n) is 5.31. The Morgan fingerprint density at radius 1 is 1.29 bits per heavy atom. The van der Waals surface area contributed by atoms with Crippen molar-refractivity contribution in [1.29, 1.82) is 0 Å².